The van der Waals surface area contributed by atoms with Gasteiger partial charge in [-0.1, -0.05) is 5.16 Å². The van der Waals surface area contributed by atoms with Crippen LogP contribution in [0.3, 0.4) is 0 Å². The van der Waals surface area contributed by atoms with Crippen molar-refractivity contribution >= 4 is 5.82 Å². The van der Waals surface area contributed by atoms with Gasteiger partial charge in [0.15, 0.2) is 0 Å². The summed E-state index contributed by atoms with van der Waals surface area (Å²) in [5.74, 6) is 1.52. The number of nitrogen functional groups attached to an aromatic ring is 1. The molecule has 2 N–H and O–H groups in total. The van der Waals surface area contributed by atoms with Crippen LogP contribution in [0, 0.1) is 0 Å². The lowest BCUT2D eigenvalue weighted by Gasteiger charge is -2.33. The highest BCUT2D eigenvalue weighted by Gasteiger charge is 2.34. The molecule has 0 saturated carbocycles. The molecule has 0 radical (unpaired) electrons. The van der Waals surface area contributed by atoms with E-state index in [0.717, 1.165) is 25.3 Å². The first-order valence-electron chi connectivity index (χ1n) is 7.21. The number of nitrogens with two attached hydrogens (primary N) is 1. The van der Waals surface area contributed by atoms with Gasteiger partial charge in [-0.25, -0.2) is 4.98 Å². The summed E-state index contributed by atoms with van der Waals surface area (Å²) in [4.78, 5) is 10.9. The Kier molecular flexibility index (Phi) is 3.08. The van der Waals surface area contributed by atoms with Crippen molar-refractivity contribution in [3.63, 3.8) is 0 Å². The van der Waals surface area contributed by atoms with Crippen LogP contribution in [-0.4, -0.2) is 45.8 Å². The lowest BCUT2D eigenvalue weighted by molar-refractivity contribution is -0.0548. The molecule has 2 aromatic heterocycles. The van der Waals surface area contributed by atoms with Crippen LogP contribution in [0.5, 0.6) is 0 Å². The molecule has 2 saturated heterocycles. The van der Waals surface area contributed by atoms with E-state index in [0.29, 0.717) is 23.6 Å². The van der Waals surface area contributed by atoms with E-state index in [-0.39, 0.29) is 6.10 Å². The molecule has 0 amide bonds. The predicted octanol–water partition coefficient (Wildman–Crippen LogP) is 1.25. The molecule has 2 aliphatic rings. The van der Waals surface area contributed by atoms with E-state index < -0.39 is 0 Å². The fourth-order valence-electron chi connectivity index (χ4n) is 2.99. The fourth-order valence-corrected chi connectivity index (χ4v) is 2.99. The summed E-state index contributed by atoms with van der Waals surface area (Å²) in [6.45, 7) is 2.72. The molecule has 2 unspecified atom stereocenters. The molecule has 7 heteroatoms. The third-order valence-corrected chi connectivity index (χ3v) is 4.15. The number of rotatable bonds is 2. The van der Waals surface area contributed by atoms with Gasteiger partial charge in [0.25, 0.3) is 5.89 Å². The molecule has 0 aliphatic carbocycles. The molecule has 2 aromatic rings. The molecule has 0 aromatic carbocycles. The van der Waals surface area contributed by atoms with E-state index in [1.807, 2.05) is 6.07 Å². The average molecular weight is 287 g/mol. The Balaban J connectivity index is 1.53. The number of aromatic nitrogens is 3. The minimum atomic E-state index is -0.112. The van der Waals surface area contributed by atoms with E-state index in [9.17, 15) is 0 Å². The molecule has 21 heavy (non-hydrogen) atoms. The van der Waals surface area contributed by atoms with Crippen molar-refractivity contribution in [1.82, 2.24) is 20.0 Å². The normalized spacial score (nSPS) is 25.9. The van der Waals surface area contributed by atoms with Crippen LogP contribution in [0.1, 0.15) is 24.8 Å². The third kappa shape index (κ3) is 2.38. The van der Waals surface area contributed by atoms with Gasteiger partial charge >= 0.3 is 0 Å². The zero-order chi connectivity index (χ0) is 14.2. The maximum absolute atomic E-state index is 5.88. The van der Waals surface area contributed by atoms with Crippen molar-refractivity contribution in [1.29, 1.82) is 0 Å². The Hall–Kier alpha value is -1.99. The fraction of sp³-hybridized carbons (Fsp3) is 0.500. The molecule has 2 aliphatic heterocycles. The Labute approximate surface area is 122 Å². The monoisotopic (exact) mass is 287 g/mol. The Morgan fingerprint density at radius 3 is 3.14 bits per heavy atom. The number of ether oxygens (including phenoxy) is 1. The second-order valence-corrected chi connectivity index (χ2v) is 5.54. The van der Waals surface area contributed by atoms with Crippen LogP contribution in [0.4, 0.5) is 5.82 Å². The van der Waals surface area contributed by atoms with Crippen molar-refractivity contribution in [2.24, 2.45) is 0 Å². The smallest absolute Gasteiger partial charge is 0.259 e. The minimum Gasteiger partial charge on any atom is -0.384 e. The summed E-state index contributed by atoms with van der Waals surface area (Å²) in [5, 5.41) is 4.06. The van der Waals surface area contributed by atoms with Gasteiger partial charge in [-0.2, -0.15) is 4.98 Å². The maximum Gasteiger partial charge on any atom is 0.259 e. The van der Waals surface area contributed by atoms with Gasteiger partial charge < -0.3 is 15.0 Å². The third-order valence-electron chi connectivity index (χ3n) is 4.15. The first kappa shape index (κ1) is 12.7. The summed E-state index contributed by atoms with van der Waals surface area (Å²) in [7, 11) is 0. The second kappa shape index (κ2) is 5.09. The lowest BCUT2D eigenvalue weighted by Crippen LogP contribution is -2.42. The number of nitrogens with zero attached hydrogens (tertiary/aromatic N) is 4. The number of anilines is 1. The molecule has 4 heterocycles. The molecule has 7 nitrogen and oxygen atoms in total. The van der Waals surface area contributed by atoms with Crippen LogP contribution in [0.2, 0.25) is 0 Å². The zero-order valence-corrected chi connectivity index (χ0v) is 11.6. The van der Waals surface area contributed by atoms with Crippen LogP contribution < -0.4 is 5.73 Å². The standard InChI is InChI=1S/C14H17N5O2/c15-12-4-3-9(6-16-12)14-17-13(18-21-14)11-7-19-5-1-2-10(19)8-20-11/h3-4,6,10-11H,1-2,5,7-8H2,(H2,15,16). The van der Waals surface area contributed by atoms with Gasteiger partial charge in [0.1, 0.15) is 11.9 Å². The Morgan fingerprint density at radius 1 is 1.33 bits per heavy atom. The van der Waals surface area contributed by atoms with Crippen LogP contribution in [0.15, 0.2) is 22.9 Å². The molecule has 4 rings (SSSR count). The quantitative estimate of drug-likeness (QED) is 0.888. The summed E-state index contributed by atoms with van der Waals surface area (Å²) in [6, 6.07) is 4.09. The molecular weight excluding hydrogens is 270 g/mol. The summed E-state index contributed by atoms with van der Waals surface area (Å²) in [6.07, 6.45) is 3.99. The van der Waals surface area contributed by atoms with Gasteiger partial charge in [0.05, 0.1) is 12.2 Å². The molecule has 0 bridgehead atoms. The molecule has 0 spiro atoms. The average Bonchev–Trinajstić information content (AvgIpc) is 3.16. The van der Waals surface area contributed by atoms with Crippen molar-refractivity contribution in [2.75, 3.05) is 25.4 Å². The minimum absolute atomic E-state index is 0.112. The van der Waals surface area contributed by atoms with Crippen LogP contribution in [-0.2, 0) is 4.74 Å². The highest BCUT2D eigenvalue weighted by molar-refractivity contribution is 5.53. The number of hydrogen-bond donors (Lipinski definition) is 1. The van der Waals surface area contributed by atoms with Crippen molar-refractivity contribution < 1.29 is 9.26 Å². The molecule has 2 fully saturated rings. The number of fused-ring (bicyclic) bond motifs is 1. The van der Waals surface area contributed by atoms with E-state index in [4.69, 9.17) is 15.0 Å². The second-order valence-electron chi connectivity index (χ2n) is 5.54. The Morgan fingerprint density at radius 2 is 2.29 bits per heavy atom. The SMILES string of the molecule is Nc1ccc(-c2nc(C3CN4CCCC4CO3)no2)cn1. The number of pyridine rings is 1. The van der Waals surface area contributed by atoms with Gasteiger partial charge in [0.2, 0.25) is 5.82 Å². The van der Waals surface area contributed by atoms with Crippen molar-refractivity contribution in [3.05, 3.63) is 24.2 Å². The number of morpholine rings is 1. The van der Waals surface area contributed by atoms with Gasteiger partial charge in [-0.05, 0) is 31.5 Å². The first-order chi connectivity index (χ1) is 10.3. The maximum atomic E-state index is 5.88. The first-order valence-corrected chi connectivity index (χ1v) is 7.21. The van der Waals surface area contributed by atoms with Gasteiger partial charge in [-0.3, -0.25) is 4.90 Å². The van der Waals surface area contributed by atoms with E-state index in [1.54, 1.807) is 12.3 Å². The van der Waals surface area contributed by atoms with Crippen LogP contribution in [0.25, 0.3) is 11.5 Å². The van der Waals surface area contributed by atoms with Crippen molar-refractivity contribution in [2.45, 2.75) is 25.0 Å². The summed E-state index contributed by atoms with van der Waals surface area (Å²) >= 11 is 0. The summed E-state index contributed by atoms with van der Waals surface area (Å²) < 4.78 is 11.2. The van der Waals surface area contributed by atoms with Gasteiger partial charge in [0, 0.05) is 18.8 Å². The largest absolute Gasteiger partial charge is 0.384 e. The van der Waals surface area contributed by atoms with Crippen molar-refractivity contribution in [3.8, 4) is 11.5 Å². The predicted molar refractivity (Wildman–Crippen MR) is 75.2 cm³/mol. The van der Waals surface area contributed by atoms with Crippen LogP contribution >= 0.6 is 0 Å². The lowest BCUT2D eigenvalue weighted by atomic mass is 10.2. The van der Waals surface area contributed by atoms with E-state index in [2.05, 4.69) is 20.0 Å². The van der Waals surface area contributed by atoms with E-state index >= 15 is 0 Å². The topological polar surface area (TPSA) is 90.3 Å². The van der Waals surface area contributed by atoms with E-state index in [1.165, 1.54) is 12.8 Å². The Bertz CT molecular complexity index is 627. The van der Waals surface area contributed by atoms with Gasteiger partial charge in [-0.15, -0.1) is 0 Å². The highest BCUT2D eigenvalue weighted by atomic mass is 16.5. The molecule has 110 valence electrons. The number of hydrogen-bond acceptors (Lipinski definition) is 7. The zero-order valence-electron chi connectivity index (χ0n) is 11.6. The molecular formula is C14H17N5O2. The summed E-state index contributed by atoms with van der Waals surface area (Å²) in [5.41, 5.74) is 6.33. The highest BCUT2D eigenvalue weighted by Crippen LogP contribution is 2.29. The molecule has 2 atom stereocenters.